The van der Waals surface area contributed by atoms with Crippen molar-refractivity contribution in [2.75, 3.05) is 10.6 Å². The average Bonchev–Trinajstić information content (AvgIpc) is 3.11. The first-order chi connectivity index (χ1) is 12.1. The lowest BCUT2D eigenvalue weighted by molar-refractivity contribution is -0.124. The number of nitrogens with one attached hydrogen (secondary N) is 3. The summed E-state index contributed by atoms with van der Waals surface area (Å²) in [5.41, 5.74) is 2.92. The van der Waals surface area contributed by atoms with Crippen molar-refractivity contribution >= 4 is 34.1 Å². The number of anilines is 2. The molecule has 3 N–H and O–H groups in total. The average molecular weight is 328 g/mol. The molecule has 6 heteroatoms. The highest BCUT2D eigenvalue weighted by Crippen LogP contribution is 2.50. The summed E-state index contributed by atoms with van der Waals surface area (Å²) < 4.78 is 0. The standard InChI is InChI=1S/C19H12N4O2/c20-8-10-4-5-13-11(6-10)19(18(25)23-13)7-16(24)22-15-3-1-2-14-17(15)12(19)9-21-14/h1-6,9,21H,7H2,(H,22,24)(H,23,25). The molecule has 3 heterocycles. The van der Waals surface area contributed by atoms with Crippen molar-refractivity contribution in [1.29, 1.82) is 5.26 Å². The fourth-order valence-electron chi connectivity index (χ4n) is 4.03. The lowest BCUT2D eigenvalue weighted by Crippen LogP contribution is -2.38. The Morgan fingerprint density at radius 1 is 1.04 bits per heavy atom. The molecule has 6 nitrogen and oxygen atoms in total. The van der Waals surface area contributed by atoms with Gasteiger partial charge in [0.25, 0.3) is 0 Å². The van der Waals surface area contributed by atoms with Gasteiger partial charge in [-0.3, -0.25) is 9.59 Å². The van der Waals surface area contributed by atoms with E-state index in [0.29, 0.717) is 22.5 Å². The van der Waals surface area contributed by atoms with Crippen molar-refractivity contribution < 1.29 is 9.59 Å². The van der Waals surface area contributed by atoms with Gasteiger partial charge in [0.1, 0.15) is 5.41 Å². The molecule has 0 aliphatic carbocycles. The third kappa shape index (κ3) is 1.62. The summed E-state index contributed by atoms with van der Waals surface area (Å²) >= 11 is 0. The van der Waals surface area contributed by atoms with Gasteiger partial charge >= 0.3 is 0 Å². The molecule has 0 saturated heterocycles. The number of H-pyrrole nitrogens is 1. The van der Waals surface area contributed by atoms with Crippen molar-refractivity contribution in [3.63, 3.8) is 0 Å². The van der Waals surface area contributed by atoms with Crippen LogP contribution >= 0.6 is 0 Å². The van der Waals surface area contributed by atoms with E-state index in [1.54, 1.807) is 24.4 Å². The molecule has 1 atom stereocenters. The first-order valence-electron chi connectivity index (χ1n) is 7.90. The van der Waals surface area contributed by atoms with Gasteiger partial charge in [-0.1, -0.05) is 6.07 Å². The zero-order valence-corrected chi connectivity index (χ0v) is 13.0. The number of aromatic amines is 1. The molecular weight excluding hydrogens is 316 g/mol. The van der Waals surface area contributed by atoms with E-state index in [1.165, 1.54) is 0 Å². The largest absolute Gasteiger partial charge is 0.361 e. The molecule has 0 bridgehead atoms. The fourth-order valence-corrected chi connectivity index (χ4v) is 4.03. The van der Waals surface area contributed by atoms with Gasteiger partial charge in [0.05, 0.1) is 17.3 Å². The molecule has 0 radical (unpaired) electrons. The smallest absolute Gasteiger partial charge is 0.240 e. The quantitative estimate of drug-likeness (QED) is 0.591. The van der Waals surface area contributed by atoms with E-state index in [9.17, 15) is 14.9 Å². The molecule has 2 aromatic carbocycles. The number of carbonyl (C=O) groups is 2. The summed E-state index contributed by atoms with van der Waals surface area (Å²) in [5.74, 6) is -0.473. The van der Waals surface area contributed by atoms with E-state index in [1.807, 2.05) is 18.2 Å². The van der Waals surface area contributed by atoms with Crippen LogP contribution in [0.4, 0.5) is 11.4 Å². The second-order valence-electron chi connectivity index (χ2n) is 6.39. The Bertz CT molecular complexity index is 1140. The number of fused-ring (bicyclic) bond motifs is 3. The number of hydrogen-bond donors (Lipinski definition) is 3. The summed E-state index contributed by atoms with van der Waals surface area (Å²) in [6.45, 7) is 0. The molecule has 2 aliphatic rings. The van der Waals surface area contributed by atoms with Gasteiger partial charge in [-0.05, 0) is 35.9 Å². The van der Waals surface area contributed by atoms with E-state index in [-0.39, 0.29) is 18.2 Å². The van der Waals surface area contributed by atoms with Crippen LogP contribution in [0, 0.1) is 11.3 Å². The van der Waals surface area contributed by atoms with Crippen LogP contribution in [0.1, 0.15) is 23.1 Å². The highest BCUT2D eigenvalue weighted by atomic mass is 16.2. The SMILES string of the molecule is N#Cc1ccc2c(c1)C1(CC(=O)Nc3cccc4[nH]cc1c34)C(=O)N2. The third-order valence-corrected chi connectivity index (χ3v) is 5.11. The van der Waals surface area contributed by atoms with Crippen molar-refractivity contribution in [1.82, 2.24) is 4.98 Å². The van der Waals surface area contributed by atoms with Gasteiger partial charge in [-0.2, -0.15) is 5.26 Å². The Morgan fingerprint density at radius 3 is 2.76 bits per heavy atom. The van der Waals surface area contributed by atoms with Gasteiger partial charge in [0, 0.05) is 34.8 Å². The minimum Gasteiger partial charge on any atom is -0.361 e. The molecule has 5 rings (SSSR count). The molecule has 1 aromatic heterocycles. The van der Waals surface area contributed by atoms with E-state index in [4.69, 9.17) is 0 Å². The number of carbonyl (C=O) groups excluding carboxylic acids is 2. The van der Waals surface area contributed by atoms with Crippen LogP contribution < -0.4 is 10.6 Å². The number of nitriles is 1. The van der Waals surface area contributed by atoms with Crippen LogP contribution in [0.2, 0.25) is 0 Å². The molecular formula is C19H12N4O2. The van der Waals surface area contributed by atoms with Gasteiger partial charge in [-0.15, -0.1) is 0 Å². The fraction of sp³-hybridized carbons (Fsp3) is 0.105. The van der Waals surface area contributed by atoms with Crippen molar-refractivity contribution in [3.8, 4) is 6.07 Å². The summed E-state index contributed by atoms with van der Waals surface area (Å²) in [7, 11) is 0. The van der Waals surface area contributed by atoms with Crippen LogP contribution in [0.25, 0.3) is 10.9 Å². The third-order valence-electron chi connectivity index (χ3n) is 5.11. The Morgan fingerprint density at radius 2 is 1.92 bits per heavy atom. The van der Waals surface area contributed by atoms with E-state index < -0.39 is 5.41 Å². The summed E-state index contributed by atoms with van der Waals surface area (Å²) in [6.07, 6.45) is 1.78. The predicted molar refractivity (Wildman–Crippen MR) is 92.1 cm³/mol. The molecule has 1 unspecified atom stereocenters. The molecule has 2 amide bonds. The number of hydrogen-bond acceptors (Lipinski definition) is 3. The maximum absolute atomic E-state index is 13.1. The first kappa shape index (κ1) is 13.8. The molecule has 0 fully saturated rings. The van der Waals surface area contributed by atoms with Crippen LogP contribution in [-0.2, 0) is 15.0 Å². The van der Waals surface area contributed by atoms with E-state index in [2.05, 4.69) is 21.7 Å². The Balaban J connectivity index is 1.91. The topological polar surface area (TPSA) is 97.8 Å². The summed E-state index contributed by atoms with van der Waals surface area (Å²) in [4.78, 5) is 28.9. The number of amides is 2. The minimum absolute atomic E-state index is 0.0116. The number of aromatic nitrogens is 1. The zero-order chi connectivity index (χ0) is 17.2. The summed E-state index contributed by atoms with van der Waals surface area (Å²) in [6, 6.07) is 12.8. The van der Waals surface area contributed by atoms with Crippen molar-refractivity contribution in [2.45, 2.75) is 11.8 Å². The highest BCUT2D eigenvalue weighted by molar-refractivity contribution is 6.17. The van der Waals surface area contributed by atoms with Crippen LogP contribution in [-0.4, -0.2) is 16.8 Å². The maximum Gasteiger partial charge on any atom is 0.240 e. The first-order valence-corrected chi connectivity index (χ1v) is 7.90. The Labute approximate surface area is 142 Å². The number of rotatable bonds is 0. The monoisotopic (exact) mass is 328 g/mol. The second-order valence-corrected chi connectivity index (χ2v) is 6.39. The van der Waals surface area contributed by atoms with Gasteiger partial charge in [0.2, 0.25) is 11.8 Å². The zero-order valence-electron chi connectivity index (χ0n) is 13.0. The van der Waals surface area contributed by atoms with Gasteiger partial charge in [0.15, 0.2) is 0 Å². The molecule has 3 aromatic rings. The second kappa shape index (κ2) is 4.48. The normalized spacial score (nSPS) is 20.8. The maximum atomic E-state index is 13.1. The highest BCUT2D eigenvalue weighted by Gasteiger charge is 2.52. The van der Waals surface area contributed by atoms with Crippen LogP contribution in [0.15, 0.2) is 42.6 Å². The molecule has 2 aliphatic heterocycles. The van der Waals surface area contributed by atoms with Crippen molar-refractivity contribution in [3.05, 3.63) is 59.3 Å². The molecule has 1 spiro atoms. The molecule has 25 heavy (non-hydrogen) atoms. The molecule has 120 valence electrons. The van der Waals surface area contributed by atoms with E-state index >= 15 is 0 Å². The van der Waals surface area contributed by atoms with Gasteiger partial charge < -0.3 is 15.6 Å². The Kier molecular flexibility index (Phi) is 2.48. The van der Waals surface area contributed by atoms with Gasteiger partial charge in [-0.25, -0.2) is 0 Å². The Hall–Kier alpha value is -3.59. The van der Waals surface area contributed by atoms with Crippen LogP contribution in [0.3, 0.4) is 0 Å². The molecule has 0 saturated carbocycles. The lowest BCUT2D eigenvalue weighted by atomic mass is 9.72. The van der Waals surface area contributed by atoms with Crippen molar-refractivity contribution in [2.24, 2.45) is 0 Å². The summed E-state index contributed by atoms with van der Waals surface area (Å²) in [5, 5.41) is 15.9. The predicted octanol–water partition coefficient (Wildman–Crippen LogP) is 2.62. The number of benzene rings is 2. The lowest BCUT2D eigenvalue weighted by Gasteiger charge is -2.25. The number of nitrogens with zero attached hydrogens (tertiary/aromatic N) is 1. The van der Waals surface area contributed by atoms with E-state index in [0.717, 1.165) is 16.5 Å². The minimum atomic E-state index is -1.14. The van der Waals surface area contributed by atoms with Crippen LogP contribution in [0.5, 0.6) is 0 Å².